The molecule has 0 heterocycles. The van der Waals surface area contributed by atoms with Crippen molar-refractivity contribution in [2.75, 3.05) is 6.54 Å². The summed E-state index contributed by atoms with van der Waals surface area (Å²) in [6, 6.07) is 0.785. The fourth-order valence-corrected chi connectivity index (χ4v) is 3.22. The molecule has 1 heteroatoms. The van der Waals surface area contributed by atoms with Crippen LogP contribution in [0.5, 0.6) is 0 Å². The van der Waals surface area contributed by atoms with Gasteiger partial charge in [-0.2, -0.15) is 0 Å². The van der Waals surface area contributed by atoms with Gasteiger partial charge in [-0.15, -0.1) is 0 Å². The second-order valence-corrected chi connectivity index (χ2v) is 6.34. The van der Waals surface area contributed by atoms with Gasteiger partial charge in [0, 0.05) is 6.04 Å². The summed E-state index contributed by atoms with van der Waals surface area (Å²) < 4.78 is 0. The molecule has 0 amide bonds. The lowest BCUT2D eigenvalue weighted by Crippen LogP contribution is -2.40. The van der Waals surface area contributed by atoms with Gasteiger partial charge in [-0.25, -0.2) is 0 Å². The second kappa shape index (κ2) is 8.13. The van der Waals surface area contributed by atoms with E-state index >= 15 is 0 Å². The van der Waals surface area contributed by atoms with E-state index in [1.165, 1.54) is 51.5 Å². The maximum atomic E-state index is 3.82. The minimum Gasteiger partial charge on any atom is -0.314 e. The predicted molar refractivity (Wildman–Crippen MR) is 77.3 cm³/mol. The Balaban J connectivity index is 2.47. The van der Waals surface area contributed by atoms with E-state index in [0.29, 0.717) is 0 Å². The summed E-state index contributed by atoms with van der Waals surface area (Å²) in [5.41, 5.74) is 0. The second-order valence-electron chi connectivity index (χ2n) is 6.34. The molecular formula is C16H33N. The van der Waals surface area contributed by atoms with Crippen LogP contribution in [-0.4, -0.2) is 12.6 Å². The molecule has 4 atom stereocenters. The van der Waals surface area contributed by atoms with Crippen LogP contribution in [0.25, 0.3) is 0 Å². The Labute approximate surface area is 109 Å². The van der Waals surface area contributed by atoms with Gasteiger partial charge in [-0.3, -0.25) is 0 Å². The average molecular weight is 239 g/mol. The molecule has 0 aliphatic heterocycles. The third kappa shape index (κ3) is 5.42. The van der Waals surface area contributed by atoms with Gasteiger partial charge in [0.25, 0.3) is 0 Å². The fourth-order valence-electron chi connectivity index (χ4n) is 3.22. The largest absolute Gasteiger partial charge is 0.314 e. The molecule has 1 aliphatic carbocycles. The number of rotatable bonds is 7. The molecule has 0 spiro atoms. The molecule has 1 N–H and O–H groups in total. The molecule has 1 rings (SSSR count). The molecule has 0 radical (unpaired) electrons. The van der Waals surface area contributed by atoms with E-state index in [9.17, 15) is 0 Å². The maximum absolute atomic E-state index is 3.82. The summed E-state index contributed by atoms with van der Waals surface area (Å²) in [4.78, 5) is 0. The lowest BCUT2D eigenvalue weighted by molar-refractivity contribution is 0.200. The maximum Gasteiger partial charge on any atom is 0.00979 e. The molecule has 17 heavy (non-hydrogen) atoms. The molecule has 0 aromatic rings. The Bertz CT molecular complexity index is 190. The lowest BCUT2D eigenvalue weighted by atomic mass is 9.76. The van der Waals surface area contributed by atoms with Crippen LogP contribution in [0.1, 0.15) is 72.6 Å². The van der Waals surface area contributed by atoms with Crippen LogP contribution in [0, 0.1) is 17.8 Å². The quantitative estimate of drug-likeness (QED) is 0.683. The van der Waals surface area contributed by atoms with Crippen LogP contribution in [0.2, 0.25) is 0 Å². The van der Waals surface area contributed by atoms with Gasteiger partial charge in [-0.05, 0) is 50.0 Å². The Hall–Kier alpha value is -0.0400. The van der Waals surface area contributed by atoms with E-state index in [1.54, 1.807) is 0 Å². The van der Waals surface area contributed by atoms with Crippen molar-refractivity contribution in [3.8, 4) is 0 Å². The molecular weight excluding hydrogens is 206 g/mol. The van der Waals surface area contributed by atoms with Gasteiger partial charge in [-0.1, -0.05) is 47.0 Å². The van der Waals surface area contributed by atoms with Crippen molar-refractivity contribution in [2.24, 2.45) is 17.8 Å². The van der Waals surface area contributed by atoms with E-state index in [0.717, 1.165) is 23.8 Å². The number of hydrogen-bond acceptors (Lipinski definition) is 1. The van der Waals surface area contributed by atoms with Crippen LogP contribution < -0.4 is 5.32 Å². The Morgan fingerprint density at radius 2 is 2.00 bits per heavy atom. The molecule has 1 aliphatic rings. The van der Waals surface area contributed by atoms with Gasteiger partial charge < -0.3 is 5.32 Å². The van der Waals surface area contributed by atoms with E-state index < -0.39 is 0 Å². The topological polar surface area (TPSA) is 12.0 Å². The Morgan fingerprint density at radius 1 is 1.24 bits per heavy atom. The first-order chi connectivity index (χ1) is 8.17. The summed E-state index contributed by atoms with van der Waals surface area (Å²) in [5.74, 6) is 2.78. The van der Waals surface area contributed by atoms with Crippen LogP contribution in [0.4, 0.5) is 0 Å². The van der Waals surface area contributed by atoms with Crippen molar-refractivity contribution in [3.05, 3.63) is 0 Å². The predicted octanol–water partition coefficient (Wildman–Crippen LogP) is 4.62. The zero-order valence-corrected chi connectivity index (χ0v) is 12.5. The van der Waals surface area contributed by atoms with Gasteiger partial charge in [0.2, 0.25) is 0 Å². The van der Waals surface area contributed by atoms with E-state index in [-0.39, 0.29) is 0 Å². The summed E-state index contributed by atoms with van der Waals surface area (Å²) in [6.45, 7) is 10.6. The highest BCUT2D eigenvalue weighted by molar-refractivity contribution is 4.82. The minimum atomic E-state index is 0.785. The lowest BCUT2D eigenvalue weighted by Gasteiger charge is -2.35. The molecule has 0 saturated heterocycles. The first-order valence-electron chi connectivity index (χ1n) is 7.90. The molecule has 0 aromatic heterocycles. The van der Waals surface area contributed by atoms with Crippen LogP contribution in [0.3, 0.4) is 0 Å². The summed E-state index contributed by atoms with van der Waals surface area (Å²) >= 11 is 0. The monoisotopic (exact) mass is 239 g/mol. The zero-order valence-electron chi connectivity index (χ0n) is 12.5. The Kier molecular flexibility index (Phi) is 7.18. The van der Waals surface area contributed by atoms with Crippen LogP contribution in [-0.2, 0) is 0 Å². The van der Waals surface area contributed by atoms with Gasteiger partial charge in [0.05, 0.1) is 0 Å². The highest BCUT2D eigenvalue weighted by Gasteiger charge is 2.26. The minimum absolute atomic E-state index is 0.785. The number of hydrogen-bond donors (Lipinski definition) is 1. The highest BCUT2D eigenvalue weighted by Crippen LogP contribution is 2.33. The summed E-state index contributed by atoms with van der Waals surface area (Å²) in [5, 5.41) is 3.82. The SMILES string of the molecule is CCCNC(CC(C)CC)C1CCCC(C)C1. The van der Waals surface area contributed by atoms with Gasteiger partial charge in [0.1, 0.15) is 0 Å². The van der Waals surface area contributed by atoms with E-state index in [2.05, 4.69) is 33.0 Å². The Morgan fingerprint density at radius 3 is 2.59 bits per heavy atom. The van der Waals surface area contributed by atoms with Gasteiger partial charge >= 0.3 is 0 Å². The van der Waals surface area contributed by atoms with E-state index in [1.807, 2.05) is 0 Å². The number of nitrogens with one attached hydrogen (secondary N) is 1. The normalized spacial score (nSPS) is 28.9. The standard InChI is InChI=1S/C16H33N/c1-5-10-17-16(12-13(3)6-2)15-9-7-8-14(4)11-15/h13-17H,5-12H2,1-4H3. The molecule has 1 saturated carbocycles. The van der Waals surface area contributed by atoms with Crippen LogP contribution in [0.15, 0.2) is 0 Å². The molecule has 102 valence electrons. The average Bonchev–Trinajstić information content (AvgIpc) is 2.34. The van der Waals surface area contributed by atoms with E-state index in [4.69, 9.17) is 0 Å². The van der Waals surface area contributed by atoms with Crippen molar-refractivity contribution in [1.82, 2.24) is 5.32 Å². The smallest absolute Gasteiger partial charge is 0.00979 e. The summed E-state index contributed by atoms with van der Waals surface area (Å²) in [6.07, 6.45) is 9.80. The third-order valence-electron chi connectivity index (χ3n) is 4.56. The molecule has 1 nitrogen and oxygen atoms in total. The summed E-state index contributed by atoms with van der Waals surface area (Å²) in [7, 11) is 0. The molecule has 0 aromatic carbocycles. The first-order valence-corrected chi connectivity index (χ1v) is 7.90. The van der Waals surface area contributed by atoms with Crippen molar-refractivity contribution in [2.45, 2.75) is 78.7 Å². The van der Waals surface area contributed by atoms with Crippen molar-refractivity contribution in [1.29, 1.82) is 0 Å². The van der Waals surface area contributed by atoms with Crippen molar-refractivity contribution in [3.63, 3.8) is 0 Å². The van der Waals surface area contributed by atoms with Crippen LogP contribution >= 0.6 is 0 Å². The molecule has 0 bridgehead atoms. The van der Waals surface area contributed by atoms with Gasteiger partial charge in [0.15, 0.2) is 0 Å². The van der Waals surface area contributed by atoms with Crippen molar-refractivity contribution < 1.29 is 0 Å². The molecule has 1 fully saturated rings. The third-order valence-corrected chi connectivity index (χ3v) is 4.56. The van der Waals surface area contributed by atoms with Crippen molar-refractivity contribution >= 4 is 0 Å². The molecule has 4 unspecified atom stereocenters. The fraction of sp³-hybridized carbons (Fsp3) is 1.00. The first kappa shape index (κ1) is 15.0. The zero-order chi connectivity index (χ0) is 12.7. The highest BCUT2D eigenvalue weighted by atomic mass is 14.9.